The van der Waals surface area contributed by atoms with Crippen LogP contribution in [-0.4, -0.2) is 11.3 Å². The van der Waals surface area contributed by atoms with Gasteiger partial charge in [0.15, 0.2) is 6.29 Å². The number of carbonyl (C=O) groups is 1. The van der Waals surface area contributed by atoms with Crippen molar-refractivity contribution in [2.24, 2.45) is 0 Å². The SMILES string of the molecule is O=Cc1ccc(Sc2ncccc2Br)cc1Cl. The van der Waals surface area contributed by atoms with Crippen LogP contribution in [-0.2, 0) is 0 Å². The first-order valence-electron chi connectivity index (χ1n) is 4.74. The molecular weight excluding hydrogens is 322 g/mol. The molecule has 5 heteroatoms. The van der Waals surface area contributed by atoms with Crippen molar-refractivity contribution in [2.45, 2.75) is 9.92 Å². The largest absolute Gasteiger partial charge is 0.298 e. The first-order valence-corrected chi connectivity index (χ1v) is 6.72. The van der Waals surface area contributed by atoms with Gasteiger partial charge in [0.1, 0.15) is 5.03 Å². The lowest BCUT2D eigenvalue weighted by Crippen LogP contribution is -1.84. The second kappa shape index (κ2) is 5.67. The van der Waals surface area contributed by atoms with Gasteiger partial charge < -0.3 is 0 Å². The van der Waals surface area contributed by atoms with Crippen molar-refractivity contribution in [3.8, 4) is 0 Å². The van der Waals surface area contributed by atoms with Gasteiger partial charge in [-0.3, -0.25) is 4.79 Å². The van der Waals surface area contributed by atoms with Gasteiger partial charge in [-0.05, 0) is 46.3 Å². The van der Waals surface area contributed by atoms with E-state index in [9.17, 15) is 4.79 Å². The Hall–Kier alpha value is -0.840. The zero-order valence-electron chi connectivity index (χ0n) is 8.56. The van der Waals surface area contributed by atoms with E-state index in [1.54, 1.807) is 18.3 Å². The Morgan fingerprint density at radius 3 is 2.82 bits per heavy atom. The lowest BCUT2D eigenvalue weighted by Gasteiger charge is -2.04. The van der Waals surface area contributed by atoms with Crippen LogP contribution in [0.2, 0.25) is 5.02 Å². The van der Waals surface area contributed by atoms with E-state index in [2.05, 4.69) is 20.9 Å². The first-order chi connectivity index (χ1) is 8.20. The Morgan fingerprint density at radius 1 is 1.35 bits per heavy atom. The Morgan fingerprint density at radius 2 is 2.18 bits per heavy atom. The molecule has 0 amide bonds. The quantitative estimate of drug-likeness (QED) is 0.779. The van der Waals surface area contributed by atoms with Crippen LogP contribution >= 0.6 is 39.3 Å². The van der Waals surface area contributed by atoms with E-state index >= 15 is 0 Å². The molecule has 0 N–H and O–H groups in total. The molecule has 2 aromatic rings. The zero-order chi connectivity index (χ0) is 12.3. The van der Waals surface area contributed by atoms with Gasteiger partial charge >= 0.3 is 0 Å². The monoisotopic (exact) mass is 327 g/mol. The summed E-state index contributed by atoms with van der Waals surface area (Å²) >= 11 is 10.9. The minimum atomic E-state index is 0.456. The first kappa shape index (κ1) is 12.6. The molecule has 2 rings (SSSR count). The van der Waals surface area contributed by atoms with Gasteiger partial charge in [-0.1, -0.05) is 23.4 Å². The van der Waals surface area contributed by atoms with Crippen LogP contribution in [0.5, 0.6) is 0 Å². The van der Waals surface area contributed by atoms with Gasteiger partial charge in [0.05, 0.1) is 9.50 Å². The minimum absolute atomic E-state index is 0.456. The number of hydrogen-bond donors (Lipinski definition) is 0. The van der Waals surface area contributed by atoms with Gasteiger partial charge in [-0.25, -0.2) is 4.98 Å². The summed E-state index contributed by atoms with van der Waals surface area (Å²) in [6.07, 6.45) is 2.47. The van der Waals surface area contributed by atoms with Crippen LogP contribution in [0, 0.1) is 0 Å². The number of halogens is 2. The summed E-state index contributed by atoms with van der Waals surface area (Å²) in [6.45, 7) is 0. The third kappa shape index (κ3) is 3.09. The highest BCUT2D eigenvalue weighted by atomic mass is 79.9. The fraction of sp³-hybridized carbons (Fsp3) is 0. The molecule has 0 saturated carbocycles. The molecule has 1 aromatic carbocycles. The highest BCUT2D eigenvalue weighted by Crippen LogP contribution is 2.33. The number of benzene rings is 1. The smallest absolute Gasteiger partial charge is 0.151 e. The van der Waals surface area contributed by atoms with Crippen LogP contribution in [0.25, 0.3) is 0 Å². The Labute approximate surface area is 117 Å². The van der Waals surface area contributed by atoms with Crippen molar-refractivity contribution in [2.75, 3.05) is 0 Å². The number of carbonyl (C=O) groups excluding carboxylic acids is 1. The van der Waals surface area contributed by atoms with E-state index in [1.807, 2.05) is 18.2 Å². The maximum Gasteiger partial charge on any atom is 0.151 e. The summed E-state index contributed by atoms with van der Waals surface area (Å²) in [5.41, 5.74) is 0.496. The molecule has 0 bridgehead atoms. The summed E-state index contributed by atoms with van der Waals surface area (Å²) in [7, 11) is 0. The fourth-order valence-corrected chi connectivity index (χ4v) is 2.83. The summed E-state index contributed by atoms with van der Waals surface area (Å²) in [5, 5.41) is 1.32. The Balaban J connectivity index is 2.28. The molecule has 0 saturated heterocycles. The number of nitrogens with zero attached hydrogens (tertiary/aromatic N) is 1. The topological polar surface area (TPSA) is 30.0 Å². The highest BCUT2D eigenvalue weighted by Gasteiger charge is 2.05. The molecule has 1 aromatic heterocycles. The van der Waals surface area contributed by atoms with Gasteiger partial charge in [0, 0.05) is 16.7 Å². The molecule has 0 spiro atoms. The van der Waals surface area contributed by atoms with Crippen LogP contribution < -0.4 is 0 Å². The van der Waals surface area contributed by atoms with Gasteiger partial charge in [-0.2, -0.15) is 0 Å². The molecule has 17 heavy (non-hydrogen) atoms. The number of rotatable bonds is 3. The van der Waals surface area contributed by atoms with E-state index < -0.39 is 0 Å². The number of aromatic nitrogens is 1. The summed E-state index contributed by atoms with van der Waals surface area (Å²) in [6, 6.07) is 9.10. The average Bonchev–Trinajstić information content (AvgIpc) is 2.32. The van der Waals surface area contributed by atoms with E-state index in [-0.39, 0.29) is 0 Å². The molecule has 2 nitrogen and oxygen atoms in total. The Kier molecular flexibility index (Phi) is 4.20. The maximum absolute atomic E-state index is 10.6. The van der Waals surface area contributed by atoms with Crippen molar-refractivity contribution < 1.29 is 4.79 Å². The summed E-state index contributed by atoms with van der Waals surface area (Å²) < 4.78 is 0.931. The zero-order valence-corrected chi connectivity index (χ0v) is 11.7. The van der Waals surface area contributed by atoms with Crippen LogP contribution in [0.4, 0.5) is 0 Å². The van der Waals surface area contributed by atoms with Gasteiger partial charge in [-0.15, -0.1) is 0 Å². The summed E-state index contributed by atoms with van der Waals surface area (Å²) in [5.74, 6) is 0. The number of pyridine rings is 1. The van der Waals surface area contributed by atoms with E-state index in [0.717, 1.165) is 20.7 Å². The third-order valence-electron chi connectivity index (χ3n) is 2.04. The predicted molar refractivity (Wildman–Crippen MR) is 72.9 cm³/mol. The average molecular weight is 329 g/mol. The molecule has 0 radical (unpaired) electrons. The predicted octanol–water partition coefficient (Wildman–Crippen LogP) is 4.46. The van der Waals surface area contributed by atoms with Crippen LogP contribution in [0.15, 0.2) is 50.9 Å². The lowest BCUT2D eigenvalue weighted by atomic mass is 10.2. The molecule has 0 unspecified atom stereocenters. The minimum Gasteiger partial charge on any atom is -0.298 e. The van der Waals surface area contributed by atoms with Crippen molar-refractivity contribution >= 4 is 45.6 Å². The van der Waals surface area contributed by atoms with Gasteiger partial charge in [0.25, 0.3) is 0 Å². The van der Waals surface area contributed by atoms with Crippen molar-refractivity contribution in [3.05, 3.63) is 51.6 Å². The molecule has 0 aliphatic heterocycles. The number of hydrogen-bond acceptors (Lipinski definition) is 3. The van der Waals surface area contributed by atoms with Crippen molar-refractivity contribution in [3.63, 3.8) is 0 Å². The number of aldehydes is 1. The normalized spacial score (nSPS) is 10.2. The molecular formula is C12H7BrClNOS. The molecule has 0 aliphatic carbocycles. The second-order valence-corrected chi connectivity index (χ2v) is 5.52. The van der Waals surface area contributed by atoms with Crippen molar-refractivity contribution in [1.82, 2.24) is 4.98 Å². The van der Waals surface area contributed by atoms with Crippen LogP contribution in [0.3, 0.4) is 0 Å². The fourth-order valence-electron chi connectivity index (χ4n) is 1.22. The molecule has 86 valence electrons. The molecule has 0 fully saturated rings. The molecule has 1 heterocycles. The Bertz CT molecular complexity index is 562. The molecule has 0 atom stereocenters. The standard InChI is InChI=1S/C12H7BrClNOS/c13-10-2-1-5-15-12(10)17-9-4-3-8(7-16)11(14)6-9/h1-7H. The molecule has 0 aliphatic rings. The second-order valence-electron chi connectivity index (χ2n) is 3.19. The van der Waals surface area contributed by atoms with Crippen molar-refractivity contribution in [1.29, 1.82) is 0 Å². The van der Waals surface area contributed by atoms with E-state index in [0.29, 0.717) is 10.6 Å². The summed E-state index contributed by atoms with van der Waals surface area (Å²) in [4.78, 5) is 15.8. The third-order valence-corrected chi connectivity index (χ3v) is 4.28. The van der Waals surface area contributed by atoms with Crippen LogP contribution in [0.1, 0.15) is 10.4 Å². The van der Waals surface area contributed by atoms with E-state index in [4.69, 9.17) is 11.6 Å². The highest BCUT2D eigenvalue weighted by molar-refractivity contribution is 9.10. The van der Waals surface area contributed by atoms with Gasteiger partial charge in [0.2, 0.25) is 0 Å². The maximum atomic E-state index is 10.6. The lowest BCUT2D eigenvalue weighted by molar-refractivity contribution is 0.112. The van der Waals surface area contributed by atoms with E-state index in [1.165, 1.54) is 11.8 Å².